The van der Waals surface area contributed by atoms with Crippen molar-refractivity contribution in [1.29, 1.82) is 0 Å². The molecule has 0 aromatic heterocycles. The molecular weight excluding hydrogens is 293 g/mol. The second-order valence-corrected chi connectivity index (χ2v) is 3.87. The van der Waals surface area contributed by atoms with Crippen molar-refractivity contribution < 1.29 is 9.90 Å². The molecule has 0 bridgehead atoms. The van der Waals surface area contributed by atoms with Crippen LogP contribution in [0.5, 0.6) is 0 Å². The average molecular weight is 305 g/mol. The Kier molecular flexibility index (Phi) is 4.34. The van der Waals surface area contributed by atoms with E-state index in [1.807, 2.05) is 24.3 Å². The molecule has 0 aliphatic rings. The molecule has 1 aromatic rings. The second kappa shape index (κ2) is 5.31. The van der Waals surface area contributed by atoms with E-state index in [1.165, 1.54) is 5.56 Å². The summed E-state index contributed by atoms with van der Waals surface area (Å²) in [6.45, 7) is 0. The van der Waals surface area contributed by atoms with Crippen LogP contribution >= 0.6 is 22.6 Å². The summed E-state index contributed by atoms with van der Waals surface area (Å²) in [4.78, 5) is 10.5. The minimum absolute atomic E-state index is 0.389. The molecule has 0 amide bonds. The molecule has 0 spiro atoms. The first-order chi connectivity index (χ1) is 6.63. The lowest BCUT2D eigenvalue weighted by Gasteiger charge is -2.07. The van der Waals surface area contributed by atoms with E-state index in [0.717, 1.165) is 9.99 Å². The SMILES string of the molecule is N[C@@H](Cc1cccc(CI)c1)C(=O)O. The molecule has 0 saturated heterocycles. The molecule has 4 heteroatoms. The van der Waals surface area contributed by atoms with Crippen molar-refractivity contribution in [2.45, 2.75) is 16.9 Å². The minimum Gasteiger partial charge on any atom is -0.480 e. The van der Waals surface area contributed by atoms with Crippen molar-refractivity contribution in [3.05, 3.63) is 35.4 Å². The van der Waals surface area contributed by atoms with Gasteiger partial charge in [0.2, 0.25) is 0 Å². The Morgan fingerprint density at radius 1 is 1.50 bits per heavy atom. The van der Waals surface area contributed by atoms with Gasteiger partial charge in [0.05, 0.1) is 0 Å². The molecule has 14 heavy (non-hydrogen) atoms. The summed E-state index contributed by atoms with van der Waals surface area (Å²) >= 11 is 2.27. The fourth-order valence-corrected chi connectivity index (χ4v) is 1.66. The quantitative estimate of drug-likeness (QED) is 0.656. The van der Waals surface area contributed by atoms with Gasteiger partial charge in [0.1, 0.15) is 6.04 Å². The molecule has 0 saturated carbocycles. The summed E-state index contributed by atoms with van der Waals surface area (Å²) in [5.74, 6) is -0.954. The Morgan fingerprint density at radius 2 is 2.14 bits per heavy atom. The zero-order valence-electron chi connectivity index (χ0n) is 7.61. The van der Waals surface area contributed by atoms with Gasteiger partial charge >= 0.3 is 5.97 Å². The van der Waals surface area contributed by atoms with Crippen molar-refractivity contribution in [3.8, 4) is 0 Å². The number of nitrogens with two attached hydrogens (primary N) is 1. The highest BCUT2D eigenvalue weighted by atomic mass is 127. The van der Waals surface area contributed by atoms with Crippen LogP contribution in [-0.2, 0) is 15.6 Å². The van der Waals surface area contributed by atoms with Crippen molar-refractivity contribution >= 4 is 28.6 Å². The first kappa shape index (κ1) is 11.5. The summed E-state index contributed by atoms with van der Waals surface area (Å²) in [6, 6.07) is 7.04. The second-order valence-electron chi connectivity index (χ2n) is 3.10. The maximum absolute atomic E-state index is 10.5. The van der Waals surface area contributed by atoms with Crippen molar-refractivity contribution in [1.82, 2.24) is 0 Å². The largest absolute Gasteiger partial charge is 0.480 e. The summed E-state index contributed by atoms with van der Waals surface area (Å²) in [5, 5.41) is 8.64. The van der Waals surface area contributed by atoms with Crippen LogP contribution in [0.15, 0.2) is 24.3 Å². The Morgan fingerprint density at radius 3 is 2.71 bits per heavy atom. The van der Waals surface area contributed by atoms with Gasteiger partial charge in [-0.25, -0.2) is 0 Å². The minimum atomic E-state index is -0.954. The van der Waals surface area contributed by atoms with Crippen LogP contribution in [0.3, 0.4) is 0 Å². The van der Waals surface area contributed by atoms with Gasteiger partial charge in [0.15, 0.2) is 0 Å². The summed E-state index contributed by atoms with van der Waals surface area (Å²) in [5.41, 5.74) is 7.61. The third-order valence-corrected chi connectivity index (χ3v) is 2.80. The van der Waals surface area contributed by atoms with Gasteiger partial charge in [-0.1, -0.05) is 46.9 Å². The maximum atomic E-state index is 10.5. The van der Waals surface area contributed by atoms with Crippen LogP contribution in [-0.4, -0.2) is 17.1 Å². The number of carbonyl (C=O) groups is 1. The number of hydrogen-bond donors (Lipinski definition) is 2. The van der Waals surface area contributed by atoms with Crippen LogP contribution in [0.1, 0.15) is 11.1 Å². The third-order valence-electron chi connectivity index (χ3n) is 1.92. The van der Waals surface area contributed by atoms with Crippen molar-refractivity contribution in [2.75, 3.05) is 0 Å². The fourth-order valence-electron chi connectivity index (χ4n) is 1.18. The molecule has 1 atom stereocenters. The molecule has 1 rings (SSSR count). The lowest BCUT2D eigenvalue weighted by Crippen LogP contribution is -2.32. The summed E-state index contributed by atoms with van der Waals surface area (Å²) in [6.07, 6.45) is 0.389. The Balaban J connectivity index is 2.71. The predicted molar refractivity (Wildman–Crippen MR) is 63.5 cm³/mol. The van der Waals surface area contributed by atoms with Crippen LogP contribution in [0.25, 0.3) is 0 Å². The van der Waals surface area contributed by atoms with Gasteiger partial charge in [-0.05, 0) is 17.5 Å². The van der Waals surface area contributed by atoms with Gasteiger partial charge in [-0.3, -0.25) is 4.79 Å². The van der Waals surface area contributed by atoms with E-state index in [1.54, 1.807) is 0 Å². The van der Waals surface area contributed by atoms with Crippen LogP contribution in [0.4, 0.5) is 0 Å². The topological polar surface area (TPSA) is 63.3 Å². The first-order valence-corrected chi connectivity index (χ1v) is 5.78. The third kappa shape index (κ3) is 3.26. The number of carboxylic acids is 1. The van der Waals surface area contributed by atoms with E-state index in [-0.39, 0.29) is 0 Å². The zero-order chi connectivity index (χ0) is 10.6. The monoisotopic (exact) mass is 305 g/mol. The van der Waals surface area contributed by atoms with Crippen molar-refractivity contribution in [3.63, 3.8) is 0 Å². The number of carboxylic acid groups (broad SMARTS) is 1. The fraction of sp³-hybridized carbons (Fsp3) is 0.300. The van der Waals surface area contributed by atoms with Gasteiger partial charge in [0.25, 0.3) is 0 Å². The maximum Gasteiger partial charge on any atom is 0.320 e. The molecule has 76 valence electrons. The Bertz CT molecular complexity index is 328. The standard InChI is InChI=1S/C10H12INO2/c11-6-8-3-1-2-7(4-8)5-9(12)10(13)14/h1-4,9H,5-6,12H2,(H,13,14)/t9-/m0/s1. The Hall–Kier alpha value is -0.620. The van der Waals surface area contributed by atoms with Gasteiger partial charge in [-0.2, -0.15) is 0 Å². The van der Waals surface area contributed by atoms with Crippen LogP contribution < -0.4 is 5.73 Å². The number of benzene rings is 1. The lowest BCUT2D eigenvalue weighted by atomic mass is 10.0. The molecular formula is C10H12INO2. The molecule has 0 heterocycles. The lowest BCUT2D eigenvalue weighted by molar-refractivity contribution is -0.138. The molecule has 0 aliphatic carbocycles. The van der Waals surface area contributed by atoms with Crippen molar-refractivity contribution in [2.24, 2.45) is 5.73 Å². The molecule has 1 aromatic carbocycles. The van der Waals surface area contributed by atoms with E-state index in [9.17, 15) is 4.79 Å². The molecule has 0 radical (unpaired) electrons. The summed E-state index contributed by atoms with van der Waals surface area (Å²) in [7, 11) is 0. The van der Waals surface area contributed by atoms with E-state index in [0.29, 0.717) is 6.42 Å². The number of alkyl halides is 1. The van der Waals surface area contributed by atoms with E-state index in [2.05, 4.69) is 22.6 Å². The predicted octanol–water partition coefficient (Wildman–Crippen LogP) is 1.58. The first-order valence-electron chi connectivity index (χ1n) is 4.25. The highest BCUT2D eigenvalue weighted by molar-refractivity contribution is 14.1. The molecule has 3 N–H and O–H groups in total. The highest BCUT2D eigenvalue weighted by Gasteiger charge is 2.11. The summed E-state index contributed by atoms with van der Waals surface area (Å²) < 4.78 is 0.925. The van der Waals surface area contributed by atoms with Crippen LogP contribution in [0, 0.1) is 0 Å². The van der Waals surface area contributed by atoms with Gasteiger partial charge < -0.3 is 10.8 Å². The van der Waals surface area contributed by atoms with Gasteiger partial charge in [0, 0.05) is 4.43 Å². The Labute approximate surface area is 96.4 Å². The highest BCUT2D eigenvalue weighted by Crippen LogP contribution is 2.10. The zero-order valence-corrected chi connectivity index (χ0v) is 9.77. The number of halogens is 1. The number of hydrogen-bond acceptors (Lipinski definition) is 2. The van der Waals surface area contributed by atoms with E-state index >= 15 is 0 Å². The van der Waals surface area contributed by atoms with Gasteiger partial charge in [-0.15, -0.1) is 0 Å². The van der Waals surface area contributed by atoms with E-state index in [4.69, 9.17) is 10.8 Å². The molecule has 3 nitrogen and oxygen atoms in total. The molecule has 0 fully saturated rings. The number of aliphatic carboxylic acids is 1. The van der Waals surface area contributed by atoms with E-state index < -0.39 is 12.0 Å². The smallest absolute Gasteiger partial charge is 0.320 e. The normalized spacial score (nSPS) is 12.4. The molecule has 0 unspecified atom stereocenters. The average Bonchev–Trinajstić information content (AvgIpc) is 2.18. The molecule has 0 aliphatic heterocycles. The number of rotatable bonds is 4. The van der Waals surface area contributed by atoms with Crippen LogP contribution in [0.2, 0.25) is 0 Å².